The third-order valence-electron chi connectivity index (χ3n) is 4.79. The van der Waals surface area contributed by atoms with E-state index in [1.807, 2.05) is 6.20 Å². The second-order valence-electron chi connectivity index (χ2n) is 7.00. The highest BCUT2D eigenvalue weighted by Crippen LogP contribution is 2.26. The Morgan fingerprint density at radius 2 is 2.24 bits per heavy atom. The van der Waals surface area contributed by atoms with E-state index in [0.29, 0.717) is 26.2 Å². The summed E-state index contributed by atoms with van der Waals surface area (Å²) >= 11 is 0. The number of ether oxygens (including phenoxy) is 2. The van der Waals surface area contributed by atoms with Gasteiger partial charge in [0, 0.05) is 57.9 Å². The van der Waals surface area contributed by atoms with Crippen LogP contribution in [-0.4, -0.2) is 73.8 Å². The number of methoxy groups -OCH3 is 1. The molecular weight excluding hydrogens is 318 g/mol. The molecule has 1 fully saturated rings. The molecular formula is C19H27N3O3. The molecule has 136 valence electrons. The molecule has 25 heavy (non-hydrogen) atoms. The lowest BCUT2D eigenvalue weighted by Gasteiger charge is -2.42. The van der Waals surface area contributed by atoms with Crippen molar-refractivity contribution in [3.05, 3.63) is 36.0 Å². The first-order chi connectivity index (χ1) is 12.0. The monoisotopic (exact) mass is 345 g/mol. The van der Waals surface area contributed by atoms with Crippen LogP contribution in [-0.2, 0) is 20.8 Å². The Kier molecular flexibility index (Phi) is 5.42. The molecule has 3 rings (SSSR count). The van der Waals surface area contributed by atoms with E-state index in [-0.39, 0.29) is 5.91 Å². The predicted octanol–water partition coefficient (Wildman–Crippen LogP) is 1.86. The maximum Gasteiger partial charge on any atom is 0.225 e. The molecule has 0 unspecified atom stereocenters. The lowest BCUT2D eigenvalue weighted by Crippen LogP contribution is -2.55. The number of carbonyl (C=O) groups is 1. The Bertz CT molecular complexity index is 724. The van der Waals surface area contributed by atoms with Crippen molar-refractivity contribution in [2.45, 2.75) is 18.6 Å². The molecule has 0 spiro atoms. The number of amides is 1. The molecule has 1 N–H and O–H groups in total. The minimum absolute atomic E-state index is 0.0617. The van der Waals surface area contributed by atoms with Gasteiger partial charge in [-0.25, -0.2) is 0 Å². The van der Waals surface area contributed by atoms with Gasteiger partial charge in [0.2, 0.25) is 5.91 Å². The van der Waals surface area contributed by atoms with E-state index in [1.54, 1.807) is 26.1 Å². The summed E-state index contributed by atoms with van der Waals surface area (Å²) in [6.07, 6.45) is 2.30. The van der Waals surface area contributed by atoms with Gasteiger partial charge in [-0.1, -0.05) is 12.1 Å². The van der Waals surface area contributed by atoms with Crippen LogP contribution in [0, 0.1) is 0 Å². The number of fused-ring (bicyclic) bond motifs is 1. The van der Waals surface area contributed by atoms with Gasteiger partial charge in [0.05, 0.1) is 19.6 Å². The van der Waals surface area contributed by atoms with Crippen LogP contribution in [0.25, 0.3) is 10.9 Å². The molecule has 1 aromatic heterocycles. The van der Waals surface area contributed by atoms with Crippen molar-refractivity contribution < 1.29 is 14.3 Å². The SMILES string of the molecule is COC[C@@]1(CC(=O)N(C)C)CN(Cc2cccc3[nH]ccc23)CCO1. The number of hydrogen-bond acceptors (Lipinski definition) is 4. The van der Waals surface area contributed by atoms with Gasteiger partial charge in [0.25, 0.3) is 0 Å². The van der Waals surface area contributed by atoms with E-state index in [0.717, 1.165) is 18.6 Å². The Labute approximate surface area is 148 Å². The molecule has 1 aliphatic heterocycles. The zero-order valence-corrected chi connectivity index (χ0v) is 15.2. The minimum Gasteiger partial charge on any atom is -0.382 e. The number of carbonyl (C=O) groups excluding carboxylic acids is 1. The number of morpholine rings is 1. The van der Waals surface area contributed by atoms with Gasteiger partial charge in [-0.3, -0.25) is 9.69 Å². The summed E-state index contributed by atoms with van der Waals surface area (Å²) in [4.78, 5) is 19.5. The summed E-state index contributed by atoms with van der Waals surface area (Å²) in [5, 5.41) is 1.25. The third kappa shape index (κ3) is 4.03. The molecule has 1 aromatic carbocycles. The molecule has 0 aliphatic carbocycles. The number of benzene rings is 1. The van der Waals surface area contributed by atoms with Crippen LogP contribution in [0.5, 0.6) is 0 Å². The fraction of sp³-hybridized carbons (Fsp3) is 0.526. The third-order valence-corrected chi connectivity index (χ3v) is 4.79. The minimum atomic E-state index is -0.583. The molecule has 6 nitrogen and oxygen atoms in total. The van der Waals surface area contributed by atoms with Crippen LogP contribution >= 0.6 is 0 Å². The molecule has 1 aliphatic rings. The normalized spacial score (nSPS) is 21.6. The van der Waals surface area contributed by atoms with Crippen molar-refractivity contribution in [2.75, 3.05) is 47.5 Å². The lowest BCUT2D eigenvalue weighted by atomic mass is 9.96. The summed E-state index contributed by atoms with van der Waals surface area (Å²) in [5.74, 6) is 0.0617. The van der Waals surface area contributed by atoms with E-state index >= 15 is 0 Å². The molecule has 0 radical (unpaired) electrons. The Morgan fingerprint density at radius 3 is 3.00 bits per heavy atom. The van der Waals surface area contributed by atoms with Gasteiger partial charge in [-0.05, 0) is 17.7 Å². The average molecular weight is 345 g/mol. The van der Waals surface area contributed by atoms with Crippen LogP contribution in [0.15, 0.2) is 30.5 Å². The first kappa shape index (κ1) is 17.9. The Balaban J connectivity index is 1.76. The first-order valence-corrected chi connectivity index (χ1v) is 8.63. The summed E-state index contributed by atoms with van der Waals surface area (Å²) in [5.41, 5.74) is 1.85. The molecule has 1 atom stereocenters. The van der Waals surface area contributed by atoms with Gasteiger partial charge in [0.1, 0.15) is 5.60 Å². The van der Waals surface area contributed by atoms with Crippen molar-refractivity contribution in [1.29, 1.82) is 0 Å². The summed E-state index contributed by atoms with van der Waals surface area (Å²) < 4.78 is 11.4. The zero-order chi connectivity index (χ0) is 17.9. The van der Waals surface area contributed by atoms with Crippen LogP contribution in [0.3, 0.4) is 0 Å². The highest BCUT2D eigenvalue weighted by molar-refractivity contribution is 5.82. The van der Waals surface area contributed by atoms with E-state index in [1.165, 1.54) is 10.9 Å². The Morgan fingerprint density at radius 1 is 1.40 bits per heavy atom. The van der Waals surface area contributed by atoms with Crippen molar-refractivity contribution in [2.24, 2.45) is 0 Å². The standard InChI is InChI=1S/C19H27N3O3/c1-21(2)18(23)11-19(14-24-3)13-22(9-10-25-19)12-15-5-4-6-17-16(15)7-8-20-17/h4-8,20H,9-14H2,1-3H3/t19-/m1/s1. The maximum absolute atomic E-state index is 12.3. The molecule has 1 saturated heterocycles. The van der Waals surface area contributed by atoms with Crippen molar-refractivity contribution >= 4 is 16.8 Å². The van der Waals surface area contributed by atoms with Crippen molar-refractivity contribution in [3.63, 3.8) is 0 Å². The highest BCUT2D eigenvalue weighted by Gasteiger charge is 2.39. The molecule has 0 bridgehead atoms. The van der Waals surface area contributed by atoms with Crippen LogP contribution in [0.2, 0.25) is 0 Å². The van der Waals surface area contributed by atoms with Crippen LogP contribution in [0.1, 0.15) is 12.0 Å². The second-order valence-corrected chi connectivity index (χ2v) is 7.00. The molecule has 2 heterocycles. The number of rotatable bonds is 6. The van der Waals surface area contributed by atoms with Gasteiger partial charge in [-0.2, -0.15) is 0 Å². The molecule has 6 heteroatoms. The van der Waals surface area contributed by atoms with Crippen molar-refractivity contribution in [3.8, 4) is 0 Å². The molecule has 0 saturated carbocycles. The van der Waals surface area contributed by atoms with E-state index < -0.39 is 5.60 Å². The zero-order valence-electron chi connectivity index (χ0n) is 15.2. The van der Waals surface area contributed by atoms with Crippen LogP contribution in [0.4, 0.5) is 0 Å². The smallest absolute Gasteiger partial charge is 0.225 e. The number of aromatic nitrogens is 1. The first-order valence-electron chi connectivity index (χ1n) is 8.63. The largest absolute Gasteiger partial charge is 0.382 e. The fourth-order valence-corrected chi connectivity index (χ4v) is 3.53. The lowest BCUT2D eigenvalue weighted by molar-refractivity contribution is -0.160. The number of aromatic amines is 1. The average Bonchev–Trinajstić information content (AvgIpc) is 3.05. The second kappa shape index (κ2) is 7.56. The number of H-pyrrole nitrogens is 1. The Hall–Kier alpha value is -1.89. The topological polar surface area (TPSA) is 57.8 Å². The molecule has 1 amide bonds. The number of hydrogen-bond donors (Lipinski definition) is 1. The van der Waals surface area contributed by atoms with Gasteiger partial charge in [0.15, 0.2) is 0 Å². The van der Waals surface area contributed by atoms with Crippen LogP contribution < -0.4 is 0 Å². The highest BCUT2D eigenvalue weighted by atomic mass is 16.5. The summed E-state index contributed by atoms with van der Waals surface area (Å²) in [6, 6.07) is 8.44. The summed E-state index contributed by atoms with van der Waals surface area (Å²) in [7, 11) is 5.21. The maximum atomic E-state index is 12.3. The summed E-state index contributed by atoms with van der Waals surface area (Å²) in [6.45, 7) is 3.38. The number of nitrogens with one attached hydrogen (secondary N) is 1. The van der Waals surface area contributed by atoms with E-state index in [2.05, 4.69) is 34.1 Å². The molecule has 2 aromatic rings. The van der Waals surface area contributed by atoms with Gasteiger partial charge < -0.3 is 19.4 Å². The quantitative estimate of drug-likeness (QED) is 0.868. The fourth-order valence-electron chi connectivity index (χ4n) is 3.53. The van der Waals surface area contributed by atoms with Gasteiger partial charge >= 0.3 is 0 Å². The van der Waals surface area contributed by atoms with Crippen molar-refractivity contribution in [1.82, 2.24) is 14.8 Å². The van der Waals surface area contributed by atoms with Gasteiger partial charge in [-0.15, -0.1) is 0 Å². The number of nitrogens with zero attached hydrogens (tertiary/aromatic N) is 2. The van der Waals surface area contributed by atoms with E-state index in [9.17, 15) is 4.79 Å². The van der Waals surface area contributed by atoms with E-state index in [4.69, 9.17) is 9.47 Å². The predicted molar refractivity (Wildman–Crippen MR) is 97.4 cm³/mol.